The van der Waals surface area contributed by atoms with Gasteiger partial charge in [0.1, 0.15) is 0 Å². The van der Waals surface area contributed by atoms with E-state index in [4.69, 9.17) is 0 Å². The molecule has 2 rings (SSSR count). The van der Waals surface area contributed by atoms with Gasteiger partial charge in [0.05, 0.1) is 0 Å². The lowest BCUT2D eigenvalue weighted by Crippen LogP contribution is -1.88. The van der Waals surface area contributed by atoms with Crippen molar-refractivity contribution in [3.05, 3.63) is 42.0 Å². The molecule has 0 N–H and O–H groups in total. The number of hydrogen-bond donors (Lipinski definition) is 0. The van der Waals surface area contributed by atoms with E-state index in [9.17, 15) is 0 Å². The van der Waals surface area contributed by atoms with Gasteiger partial charge in [-0.3, -0.25) is 0 Å². The van der Waals surface area contributed by atoms with Gasteiger partial charge in [-0.05, 0) is 11.1 Å². The molecule has 0 bridgehead atoms. The van der Waals surface area contributed by atoms with E-state index >= 15 is 0 Å². The SMILES string of the molecule is C=Cc1ccc(CSCC2CS2)cc1. The maximum atomic E-state index is 3.75. The summed E-state index contributed by atoms with van der Waals surface area (Å²) in [6.45, 7) is 3.75. The van der Waals surface area contributed by atoms with Crippen molar-refractivity contribution in [2.24, 2.45) is 0 Å². The quantitative estimate of drug-likeness (QED) is 0.697. The van der Waals surface area contributed by atoms with Crippen molar-refractivity contribution in [3.63, 3.8) is 0 Å². The normalized spacial score (nSPS) is 19.3. The van der Waals surface area contributed by atoms with Crippen LogP contribution in [0, 0.1) is 0 Å². The maximum absolute atomic E-state index is 3.75. The minimum absolute atomic E-state index is 0.951. The molecule has 0 saturated carbocycles. The third-order valence-electron chi connectivity index (χ3n) is 2.19. The third kappa shape index (κ3) is 3.10. The minimum atomic E-state index is 0.951. The van der Waals surface area contributed by atoms with Gasteiger partial charge in [-0.25, -0.2) is 0 Å². The van der Waals surface area contributed by atoms with Crippen molar-refractivity contribution in [2.75, 3.05) is 11.5 Å². The highest BCUT2D eigenvalue weighted by Gasteiger charge is 2.21. The molecule has 0 nitrogen and oxygen atoms in total. The molecule has 0 amide bonds. The number of thioether (sulfide) groups is 2. The lowest BCUT2D eigenvalue weighted by molar-refractivity contribution is 1.26. The Morgan fingerprint density at radius 1 is 1.43 bits per heavy atom. The van der Waals surface area contributed by atoms with E-state index < -0.39 is 0 Å². The molecule has 1 aliphatic heterocycles. The summed E-state index contributed by atoms with van der Waals surface area (Å²) < 4.78 is 0. The molecular formula is C12H14S2. The zero-order valence-electron chi connectivity index (χ0n) is 8.11. The average Bonchev–Trinajstić information content (AvgIpc) is 3.03. The van der Waals surface area contributed by atoms with Crippen molar-refractivity contribution >= 4 is 29.6 Å². The first-order valence-electron chi connectivity index (χ1n) is 4.79. The van der Waals surface area contributed by atoms with Crippen LogP contribution < -0.4 is 0 Å². The van der Waals surface area contributed by atoms with Crippen LogP contribution in [-0.2, 0) is 5.75 Å². The summed E-state index contributed by atoms with van der Waals surface area (Å²) in [7, 11) is 0. The van der Waals surface area contributed by atoms with E-state index in [2.05, 4.69) is 42.6 Å². The molecule has 1 atom stereocenters. The van der Waals surface area contributed by atoms with E-state index in [-0.39, 0.29) is 0 Å². The smallest absolute Gasteiger partial charge is 0.0229 e. The van der Waals surface area contributed by atoms with Crippen LogP contribution in [0.15, 0.2) is 30.8 Å². The Labute approximate surface area is 94.2 Å². The number of hydrogen-bond acceptors (Lipinski definition) is 2. The first kappa shape index (κ1) is 10.2. The van der Waals surface area contributed by atoms with Gasteiger partial charge in [0.15, 0.2) is 0 Å². The maximum Gasteiger partial charge on any atom is 0.0229 e. The monoisotopic (exact) mass is 222 g/mol. The Morgan fingerprint density at radius 2 is 2.14 bits per heavy atom. The molecule has 0 aliphatic carbocycles. The van der Waals surface area contributed by atoms with Crippen LogP contribution in [0.5, 0.6) is 0 Å². The fourth-order valence-electron chi connectivity index (χ4n) is 1.22. The Hall–Kier alpha value is -0.340. The van der Waals surface area contributed by atoms with Crippen molar-refractivity contribution in [1.82, 2.24) is 0 Å². The summed E-state index contributed by atoms with van der Waals surface area (Å²) in [6, 6.07) is 8.66. The fraction of sp³-hybridized carbons (Fsp3) is 0.333. The van der Waals surface area contributed by atoms with Crippen molar-refractivity contribution < 1.29 is 0 Å². The molecule has 1 fully saturated rings. The van der Waals surface area contributed by atoms with Gasteiger partial charge in [-0.2, -0.15) is 23.5 Å². The first-order valence-corrected chi connectivity index (χ1v) is 6.99. The van der Waals surface area contributed by atoms with E-state index in [0.29, 0.717) is 0 Å². The average molecular weight is 222 g/mol. The Bertz CT molecular complexity index is 299. The molecule has 1 heterocycles. The molecule has 0 spiro atoms. The van der Waals surface area contributed by atoms with Gasteiger partial charge < -0.3 is 0 Å². The molecule has 1 unspecified atom stereocenters. The summed E-state index contributed by atoms with van der Waals surface area (Å²) in [5.41, 5.74) is 2.63. The largest absolute Gasteiger partial charge is 0.156 e. The highest BCUT2D eigenvalue weighted by molar-refractivity contribution is 8.08. The lowest BCUT2D eigenvalue weighted by Gasteiger charge is -2.01. The Balaban J connectivity index is 1.79. The predicted molar refractivity (Wildman–Crippen MR) is 68.9 cm³/mol. The highest BCUT2D eigenvalue weighted by Crippen LogP contribution is 2.33. The molecule has 1 aromatic carbocycles. The molecule has 1 aliphatic rings. The van der Waals surface area contributed by atoms with Gasteiger partial charge in [-0.1, -0.05) is 36.9 Å². The summed E-state index contributed by atoms with van der Waals surface area (Å²) in [5, 5.41) is 0.951. The van der Waals surface area contributed by atoms with E-state index in [0.717, 1.165) is 11.0 Å². The van der Waals surface area contributed by atoms with Crippen LogP contribution in [-0.4, -0.2) is 16.8 Å². The summed E-state index contributed by atoms with van der Waals surface area (Å²) in [6.07, 6.45) is 1.89. The predicted octanol–water partition coefficient (Wildman–Crippen LogP) is 3.68. The minimum Gasteiger partial charge on any atom is -0.156 e. The zero-order chi connectivity index (χ0) is 9.80. The molecule has 0 aromatic heterocycles. The molecule has 0 radical (unpaired) electrons. The van der Waals surface area contributed by atoms with Crippen LogP contribution in [0.25, 0.3) is 6.08 Å². The summed E-state index contributed by atoms with van der Waals surface area (Å²) in [4.78, 5) is 0. The van der Waals surface area contributed by atoms with Crippen LogP contribution in [0.1, 0.15) is 11.1 Å². The van der Waals surface area contributed by atoms with E-state index in [1.807, 2.05) is 17.8 Å². The second-order valence-electron chi connectivity index (χ2n) is 3.42. The van der Waals surface area contributed by atoms with Crippen molar-refractivity contribution in [1.29, 1.82) is 0 Å². The summed E-state index contributed by atoms with van der Waals surface area (Å²) >= 11 is 4.12. The van der Waals surface area contributed by atoms with Gasteiger partial charge in [0.25, 0.3) is 0 Å². The highest BCUT2D eigenvalue weighted by atomic mass is 32.2. The third-order valence-corrected chi connectivity index (χ3v) is 4.55. The number of benzene rings is 1. The van der Waals surface area contributed by atoms with Gasteiger partial charge in [-0.15, -0.1) is 0 Å². The van der Waals surface area contributed by atoms with Gasteiger partial charge in [0.2, 0.25) is 0 Å². The Kier molecular flexibility index (Phi) is 3.60. The molecule has 2 heteroatoms. The van der Waals surface area contributed by atoms with Crippen LogP contribution in [0.2, 0.25) is 0 Å². The molecule has 1 aromatic rings. The molecule has 1 saturated heterocycles. The summed E-state index contributed by atoms with van der Waals surface area (Å²) in [5.74, 6) is 3.84. The second-order valence-corrected chi connectivity index (χ2v) is 5.78. The second kappa shape index (κ2) is 4.94. The zero-order valence-corrected chi connectivity index (χ0v) is 9.74. The first-order chi connectivity index (χ1) is 6.88. The molecule has 14 heavy (non-hydrogen) atoms. The fourth-order valence-corrected chi connectivity index (χ4v) is 3.23. The van der Waals surface area contributed by atoms with Gasteiger partial charge in [0, 0.05) is 22.5 Å². The van der Waals surface area contributed by atoms with Crippen LogP contribution >= 0.6 is 23.5 Å². The van der Waals surface area contributed by atoms with Crippen molar-refractivity contribution in [3.8, 4) is 0 Å². The van der Waals surface area contributed by atoms with Crippen LogP contribution in [0.4, 0.5) is 0 Å². The van der Waals surface area contributed by atoms with Crippen LogP contribution in [0.3, 0.4) is 0 Å². The Morgan fingerprint density at radius 3 is 2.71 bits per heavy atom. The van der Waals surface area contributed by atoms with E-state index in [1.54, 1.807) is 0 Å². The topological polar surface area (TPSA) is 0 Å². The number of rotatable bonds is 5. The lowest BCUT2D eigenvalue weighted by atomic mass is 10.1. The van der Waals surface area contributed by atoms with E-state index in [1.165, 1.54) is 22.6 Å². The molecular weight excluding hydrogens is 208 g/mol. The molecule has 74 valence electrons. The standard InChI is InChI=1S/C12H14S2/c1-2-10-3-5-11(6-4-10)7-13-8-12-9-14-12/h2-6,12H,1,7-9H2. The van der Waals surface area contributed by atoms with Gasteiger partial charge >= 0.3 is 0 Å². The van der Waals surface area contributed by atoms with Crippen molar-refractivity contribution in [2.45, 2.75) is 11.0 Å².